The standard InChI is InChI=1S/C19H23N3O2/c1-4-22(5-2)18-13-11-17(12-14-18)21-20-16-9-7-15(8-10-16)19(23)24-6-3/h7-14H,4-6H2,1-3H3/b21-20+. The SMILES string of the molecule is CCOC(=O)c1ccc(/N=N/c2ccc(N(CC)CC)cc2)cc1. The summed E-state index contributed by atoms with van der Waals surface area (Å²) >= 11 is 0. The van der Waals surface area contributed by atoms with E-state index in [1.165, 1.54) is 5.69 Å². The first kappa shape index (κ1) is 17.7. The van der Waals surface area contributed by atoms with E-state index in [0.717, 1.165) is 18.8 Å². The van der Waals surface area contributed by atoms with Gasteiger partial charge in [-0.3, -0.25) is 0 Å². The maximum absolute atomic E-state index is 11.6. The Bertz CT molecular complexity index is 675. The van der Waals surface area contributed by atoms with Gasteiger partial charge in [0.25, 0.3) is 0 Å². The molecule has 0 fully saturated rings. The van der Waals surface area contributed by atoms with Gasteiger partial charge < -0.3 is 9.64 Å². The van der Waals surface area contributed by atoms with E-state index in [4.69, 9.17) is 4.74 Å². The molecule has 0 aromatic heterocycles. The van der Waals surface area contributed by atoms with Crippen LogP contribution < -0.4 is 4.90 Å². The average Bonchev–Trinajstić information content (AvgIpc) is 2.63. The summed E-state index contributed by atoms with van der Waals surface area (Å²) in [6.07, 6.45) is 0. The molecule has 0 spiro atoms. The van der Waals surface area contributed by atoms with Crippen LogP contribution in [0.3, 0.4) is 0 Å². The van der Waals surface area contributed by atoms with Crippen molar-refractivity contribution in [3.63, 3.8) is 0 Å². The number of carbonyl (C=O) groups is 1. The maximum atomic E-state index is 11.6. The summed E-state index contributed by atoms with van der Waals surface area (Å²) < 4.78 is 4.95. The van der Waals surface area contributed by atoms with E-state index >= 15 is 0 Å². The fraction of sp³-hybridized carbons (Fsp3) is 0.316. The monoisotopic (exact) mass is 325 g/mol. The van der Waals surface area contributed by atoms with E-state index in [0.29, 0.717) is 17.9 Å². The minimum Gasteiger partial charge on any atom is -0.462 e. The predicted octanol–water partition coefficient (Wildman–Crippen LogP) is 5.12. The number of rotatable bonds is 7. The van der Waals surface area contributed by atoms with E-state index in [1.54, 1.807) is 31.2 Å². The van der Waals surface area contributed by atoms with Crippen LogP contribution in [-0.4, -0.2) is 25.7 Å². The number of benzene rings is 2. The predicted molar refractivity (Wildman–Crippen MR) is 96.6 cm³/mol. The van der Waals surface area contributed by atoms with E-state index in [-0.39, 0.29) is 5.97 Å². The highest BCUT2D eigenvalue weighted by atomic mass is 16.5. The van der Waals surface area contributed by atoms with Crippen molar-refractivity contribution in [2.75, 3.05) is 24.6 Å². The van der Waals surface area contributed by atoms with Gasteiger partial charge in [0.2, 0.25) is 0 Å². The van der Waals surface area contributed by atoms with Crippen molar-refractivity contribution in [1.82, 2.24) is 0 Å². The van der Waals surface area contributed by atoms with Crippen LogP contribution in [0, 0.1) is 0 Å². The zero-order valence-electron chi connectivity index (χ0n) is 14.4. The molecule has 0 radical (unpaired) electrons. The number of azo groups is 1. The van der Waals surface area contributed by atoms with E-state index in [9.17, 15) is 4.79 Å². The van der Waals surface area contributed by atoms with E-state index < -0.39 is 0 Å². The van der Waals surface area contributed by atoms with E-state index in [2.05, 4.69) is 29.0 Å². The Labute approximate surface area is 143 Å². The Morgan fingerprint density at radius 1 is 0.875 bits per heavy atom. The summed E-state index contributed by atoms with van der Waals surface area (Å²) in [6, 6.07) is 14.9. The minimum absolute atomic E-state index is 0.326. The van der Waals surface area contributed by atoms with E-state index in [1.807, 2.05) is 24.3 Å². The number of hydrogen-bond donors (Lipinski definition) is 0. The zero-order chi connectivity index (χ0) is 17.4. The molecule has 2 aromatic carbocycles. The van der Waals surface area contributed by atoms with Crippen molar-refractivity contribution in [3.8, 4) is 0 Å². The number of esters is 1. The van der Waals surface area contributed by atoms with Crippen LogP contribution in [0.1, 0.15) is 31.1 Å². The van der Waals surface area contributed by atoms with Gasteiger partial charge in [0.15, 0.2) is 0 Å². The Hall–Kier alpha value is -2.69. The quantitative estimate of drug-likeness (QED) is 0.524. The Kier molecular flexibility index (Phi) is 6.49. The third kappa shape index (κ3) is 4.65. The van der Waals surface area contributed by atoms with Crippen molar-refractivity contribution in [3.05, 3.63) is 54.1 Å². The maximum Gasteiger partial charge on any atom is 0.338 e. The van der Waals surface area contributed by atoms with Gasteiger partial charge in [-0.25, -0.2) is 4.79 Å². The number of nitrogens with zero attached hydrogens (tertiary/aromatic N) is 3. The molecular formula is C19H23N3O2. The lowest BCUT2D eigenvalue weighted by molar-refractivity contribution is 0.0526. The lowest BCUT2D eigenvalue weighted by Crippen LogP contribution is -2.21. The molecule has 0 atom stereocenters. The first-order valence-electron chi connectivity index (χ1n) is 8.21. The molecule has 126 valence electrons. The largest absolute Gasteiger partial charge is 0.462 e. The lowest BCUT2D eigenvalue weighted by atomic mass is 10.2. The van der Waals surface area contributed by atoms with Gasteiger partial charge in [0, 0.05) is 18.8 Å². The molecule has 0 aliphatic rings. The van der Waals surface area contributed by atoms with Crippen LogP contribution in [0.2, 0.25) is 0 Å². The smallest absolute Gasteiger partial charge is 0.338 e. The van der Waals surface area contributed by atoms with Gasteiger partial charge in [0.05, 0.1) is 23.5 Å². The average molecular weight is 325 g/mol. The molecule has 5 heteroatoms. The van der Waals surface area contributed by atoms with Gasteiger partial charge in [-0.05, 0) is 69.3 Å². The normalized spacial score (nSPS) is 10.8. The highest BCUT2D eigenvalue weighted by molar-refractivity contribution is 5.89. The molecule has 0 saturated heterocycles. The summed E-state index contributed by atoms with van der Waals surface area (Å²) in [7, 11) is 0. The van der Waals surface area contributed by atoms with Crippen LogP contribution in [0.5, 0.6) is 0 Å². The van der Waals surface area contributed by atoms with Gasteiger partial charge in [-0.15, -0.1) is 0 Å². The Balaban J connectivity index is 2.04. The van der Waals surface area contributed by atoms with Crippen LogP contribution in [0.15, 0.2) is 58.8 Å². The summed E-state index contributed by atoms with van der Waals surface area (Å²) in [5.41, 5.74) is 3.17. The molecule has 2 aromatic rings. The molecule has 2 rings (SSSR count). The molecule has 0 aliphatic heterocycles. The molecule has 0 amide bonds. The topological polar surface area (TPSA) is 54.3 Å². The van der Waals surface area contributed by atoms with Crippen molar-refractivity contribution in [1.29, 1.82) is 0 Å². The van der Waals surface area contributed by atoms with Gasteiger partial charge in [-0.2, -0.15) is 10.2 Å². The van der Waals surface area contributed by atoms with Gasteiger partial charge in [0.1, 0.15) is 0 Å². The molecule has 0 aliphatic carbocycles. The van der Waals surface area contributed by atoms with Crippen molar-refractivity contribution in [2.24, 2.45) is 10.2 Å². The second-order valence-corrected chi connectivity index (χ2v) is 5.16. The van der Waals surface area contributed by atoms with Crippen LogP contribution in [0.4, 0.5) is 17.1 Å². The van der Waals surface area contributed by atoms with Crippen LogP contribution in [0.25, 0.3) is 0 Å². The third-order valence-corrected chi connectivity index (χ3v) is 3.64. The van der Waals surface area contributed by atoms with Crippen molar-refractivity contribution in [2.45, 2.75) is 20.8 Å². The molecular weight excluding hydrogens is 302 g/mol. The number of carbonyl (C=O) groups excluding carboxylic acids is 1. The summed E-state index contributed by atoms with van der Waals surface area (Å²) in [4.78, 5) is 13.9. The second-order valence-electron chi connectivity index (χ2n) is 5.16. The highest BCUT2D eigenvalue weighted by Crippen LogP contribution is 2.22. The Morgan fingerprint density at radius 3 is 1.83 bits per heavy atom. The van der Waals surface area contributed by atoms with Crippen LogP contribution in [-0.2, 0) is 4.74 Å². The molecule has 5 nitrogen and oxygen atoms in total. The van der Waals surface area contributed by atoms with Gasteiger partial charge >= 0.3 is 5.97 Å². The second kappa shape index (κ2) is 8.82. The summed E-state index contributed by atoms with van der Waals surface area (Å²) in [5, 5.41) is 8.43. The number of hydrogen-bond acceptors (Lipinski definition) is 5. The summed E-state index contributed by atoms with van der Waals surface area (Å²) in [6.45, 7) is 8.37. The molecule has 0 N–H and O–H groups in total. The summed E-state index contributed by atoms with van der Waals surface area (Å²) in [5.74, 6) is -0.326. The first-order valence-corrected chi connectivity index (χ1v) is 8.21. The van der Waals surface area contributed by atoms with Crippen LogP contribution >= 0.6 is 0 Å². The molecule has 24 heavy (non-hydrogen) atoms. The molecule has 0 saturated carbocycles. The van der Waals surface area contributed by atoms with Crippen molar-refractivity contribution >= 4 is 23.0 Å². The van der Waals surface area contributed by atoms with Gasteiger partial charge in [-0.1, -0.05) is 0 Å². The third-order valence-electron chi connectivity index (χ3n) is 3.64. The molecule has 0 heterocycles. The Morgan fingerprint density at radius 2 is 1.38 bits per heavy atom. The number of ether oxygens (including phenoxy) is 1. The number of anilines is 1. The van der Waals surface area contributed by atoms with Crippen molar-refractivity contribution < 1.29 is 9.53 Å². The molecule has 0 bridgehead atoms. The minimum atomic E-state index is -0.326. The highest BCUT2D eigenvalue weighted by Gasteiger charge is 2.05. The fourth-order valence-corrected chi connectivity index (χ4v) is 2.31. The fourth-order valence-electron chi connectivity index (χ4n) is 2.31. The zero-order valence-corrected chi connectivity index (χ0v) is 14.4. The first-order chi connectivity index (χ1) is 11.7. The molecule has 0 unspecified atom stereocenters. The lowest BCUT2D eigenvalue weighted by Gasteiger charge is -2.20.